The van der Waals surface area contributed by atoms with Crippen molar-refractivity contribution in [3.05, 3.63) is 75.1 Å². The Kier molecular flexibility index (Phi) is 7.63. The number of aryl methyl sites for hydroxylation is 1. The summed E-state index contributed by atoms with van der Waals surface area (Å²) in [6.07, 6.45) is 5.88. The molecule has 1 atom stereocenters. The van der Waals surface area contributed by atoms with Crippen LogP contribution in [0.25, 0.3) is 0 Å². The van der Waals surface area contributed by atoms with Crippen LogP contribution in [-0.4, -0.2) is 21.5 Å². The van der Waals surface area contributed by atoms with Gasteiger partial charge in [-0.3, -0.25) is 9.78 Å². The number of pyridine rings is 1. The molecule has 1 unspecified atom stereocenters. The highest BCUT2D eigenvalue weighted by molar-refractivity contribution is 14.1. The second-order valence-electron chi connectivity index (χ2n) is 8.45. The van der Waals surface area contributed by atoms with Crippen molar-refractivity contribution < 1.29 is 18.7 Å². The first-order chi connectivity index (χ1) is 14.7. The zero-order chi connectivity index (χ0) is 22.6. The van der Waals surface area contributed by atoms with Crippen molar-refractivity contribution in [2.75, 3.05) is 0 Å². The zero-order valence-corrected chi connectivity index (χ0v) is 19.9. The summed E-state index contributed by atoms with van der Waals surface area (Å²) in [6.45, 7) is 5.41. The van der Waals surface area contributed by atoms with Crippen molar-refractivity contribution in [2.24, 2.45) is 0 Å². The van der Waals surface area contributed by atoms with E-state index in [1.807, 2.05) is 31.2 Å². The van der Waals surface area contributed by atoms with Crippen LogP contribution in [0.1, 0.15) is 78.0 Å². The van der Waals surface area contributed by atoms with Crippen LogP contribution in [-0.2, 0) is 5.92 Å². The number of allylic oxidation sites excluding steroid dienone is 1. The molecule has 0 amide bonds. The maximum Gasteiger partial charge on any atom is 0.277 e. The zero-order valence-electron chi connectivity index (χ0n) is 17.7. The predicted molar refractivity (Wildman–Crippen MR) is 127 cm³/mol. The average molecular weight is 539 g/mol. The van der Waals surface area contributed by atoms with Gasteiger partial charge in [0.1, 0.15) is 5.69 Å². The number of rotatable bonds is 9. The lowest BCUT2D eigenvalue weighted by atomic mass is 9.77. The topological polar surface area (TPSA) is 50.2 Å². The van der Waals surface area contributed by atoms with Gasteiger partial charge >= 0.3 is 0 Å². The Morgan fingerprint density at radius 2 is 1.94 bits per heavy atom. The van der Waals surface area contributed by atoms with E-state index in [4.69, 9.17) is 0 Å². The molecule has 0 saturated heterocycles. The third-order valence-electron chi connectivity index (χ3n) is 6.21. The SMILES string of the molecule is C=CCC(F)(F)c1ccnc(C(=O)CCC(c2ccc(C)cc2)C2(O)CCCC2)c1I. The molecule has 1 heterocycles. The van der Waals surface area contributed by atoms with Crippen LogP contribution in [0, 0.1) is 10.5 Å². The van der Waals surface area contributed by atoms with Gasteiger partial charge in [-0.05, 0) is 60.4 Å². The van der Waals surface area contributed by atoms with E-state index in [9.17, 15) is 18.7 Å². The van der Waals surface area contributed by atoms with Crippen molar-refractivity contribution in [3.8, 4) is 0 Å². The summed E-state index contributed by atoms with van der Waals surface area (Å²) in [5.74, 6) is -3.55. The van der Waals surface area contributed by atoms with Crippen molar-refractivity contribution in [3.63, 3.8) is 0 Å². The molecule has 31 heavy (non-hydrogen) atoms. The Morgan fingerprint density at radius 1 is 1.29 bits per heavy atom. The fourth-order valence-corrected chi connectivity index (χ4v) is 5.50. The number of Topliss-reactive ketones (excluding diaryl/α,β-unsaturated/α-hetero) is 1. The summed E-state index contributed by atoms with van der Waals surface area (Å²) in [5.41, 5.74) is 1.18. The van der Waals surface area contributed by atoms with Gasteiger partial charge in [-0.2, -0.15) is 0 Å². The number of alkyl halides is 2. The van der Waals surface area contributed by atoms with Gasteiger partial charge in [0, 0.05) is 30.5 Å². The van der Waals surface area contributed by atoms with Gasteiger partial charge < -0.3 is 5.11 Å². The molecule has 3 rings (SSSR count). The normalized spacial score (nSPS) is 16.8. The number of hydrogen-bond donors (Lipinski definition) is 1. The maximum atomic E-state index is 14.4. The lowest BCUT2D eigenvalue weighted by molar-refractivity contribution is -0.00186. The molecule has 3 nitrogen and oxygen atoms in total. The number of nitrogens with zero attached hydrogens (tertiary/aromatic N) is 1. The molecule has 1 fully saturated rings. The first-order valence-electron chi connectivity index (χ1n) is 10.6. The molecule has 0 spiro atoms. The Balaban J connectivity index is 1.83. The number of carbonyl (C=O) groups excluding carboxylic acids is 1. The van der Waals surface area contributed by atoms with Crippen LogP contribution in [0.5, 0.6) is 0 Å². The van der Waals surface area contributed by atoms with Crippen LogP contribution in [0.4, 0.5) is 8.78 Å². The van der Waals surface area contributed by atoms with Crippen LogP contribution in [0.15, 0.2) is 49.2 Å². The molecular weight excluding hydrogens is 511 g/mol. The Labute approximate surface area is 196 Å². The lowest BCUT2D eigenvalue weighted by Crippen LogP contribution is -2.33. The molecule has 1 aromatic carbocycles. The van der Waals surface area contributed by atoms with Crippen LogP contribution in [0.3, 0.4) is 0 Å². The molecule has 6 heteroatoms. The standard InChI is InChI=1S/C25H28F2INO2/c1-3-13-25(26,27)20-12-16-29-23(22(20)28)21(30)11-10-19(24(31)14-4-5-15-24)18-8-6-17(2)7-9-18/h3,6-9,12,16,19,31H,1,4-5,10-11,13-15H2,2H3. The largest absolute Gasteiger partial charge is 0.389 e. The Morgan fingerprint density at radius 3 is 2.55 bits per heavy atom. The van der Waals surface area contributed by atoms with Gasteiger partial charge in [-0.15, -0.1) is 6.58 Å². The first-order valence-corrected chi connectivity index (χ1v) is 11.7. The van der Waals surface area contributed by atoms with E-state index in [-0.39, 0.29) is 32.9 Å². The van der Waals surface area contributed by atoms with Gasteiger partial charge in [0.15, 0.2) is 5.78 Å². The number of hydrogen-bond acceptors (Lipinski definition) is 3. The van der Waals surface area contributed by atoms with Crippen molar-refractivity contribution in [1.29, 1.82) is 0 Å². The first kappa shape index (κ1) is 24.0. The van der Waals surface area contributed by atoms with E-state index in [0.29, 0.717) is 19.3 Å². The number of aliphatic hydroxyl groups is 1. The molecular formula is C25H28F2INO2. The molecule has 0 bridgehead atoms. The predicted octanol–water partition coefficient (Wildman–Crippen LogP) is 6.71. The quantitative estimate of drug-likeness (QED) is 0.219. The molecule has 2 aromatic rings. The molecule has 1 aromatic heterocycles. The van der Waals surface area contributed by atoms with Gasteiger partial charge in [0.2, 0.25) is 0 Å². The summed E-state index contributed by atoms with van der Waals surface area (Å²) in [7, 11) is 0. The number of benzene rings is 1. The highest BCUT2D eigenvalue weighted by atomic mass is 127. The maximum absolute atomic E-state index is 14.4. The fourth-order valence-electron chi connectivity index (χ4n) is 4.49. The molecule has 1 aliphatic rings. The smallest absolute Gasteiger partial charge is 0.277 e. The summed E-state index contributed by atoms with van der Waals surface area (Å²) in [6, 6.07) is 9.31. The lowest BCUT2D eigenvalue weighted by Gasteiger charge is -2.33. The van der Waals surface area contributed by atoms with E-state index in [0.717, 1.165) is 24.0 Å². The molecule has 166 valence electrons. The summed E-state index contributed by atoms with van der Waals surface area (Å²) >= 11 is 1.79. The third-order valence-corrected chi connectivity index (χ3v) is 7.30. The molecule has 1 saturated carbocycles. The van der Waals surface area contributed by atoms with E-state index in [2.05, 4.69) is 11.6 Å². The minimum atomic E-state index is -3.10. The molecule has 0 radical (unpaired) electrons. The van der Waals surface area contributed by atoms with Crippen molar-refractivity contribution >= 4 is 28.4 Å². The van der Waals surface area contributed by atoms with Crippen molar-refractivity contribution in [2.45, 2.75) is 69.3 Å². The molecule has 0 aliphatic heterocycles. The Bertz CT molecular complexity index is 937. The second-order valence-corrected chi connectivity index (χ2v) is 9.53. The molecule has 1 aliphatic carbocycles. The van der Waals surface area contributed by atoms with Gasteiger partial charge in [0.25, 0.3) is 5.92 Å². The Hall–Kier alpha value is -1.67. The van der Waals surface area contributed by atoms with Crippen LogP contribution < -0.4 is 0 Å². The fraction of sp³-hybridized carbons (Fsp3) is 0.440. The second kappa shape index (κ2) is 9.86. The third kappa shape index (κ3) is 5.40. The number of halogens is 3. The summed E-state index contributed by atoms with van der Waals surface area (Å²) in [5, 5.41) is 11.3. The minimum absolute atomic E-state index is 0.0721. The van der Waals surface area contributed by atoms with Crippen molar-refractivity contribution in [1.82, 2.24) is 4.98 Å². The van der Waals surface area contributed by atoms with E-state index in [1.54, 1.807) is 22.6 Å². The summed E-state index contributed by atoms with van der Waals surface area (Å²) in [4.78, 5) is 17.1. The van der Waals surface area contributed by atoms with Gasteiger partial charge in [-0.1, -0.05) is 48.7 Å². The number of aromatic nitrogens is 1. The van der Waals surface area contributed by atoms with Gasteiger partial charge in [-0.25, -0.2) is 8.78 Å². The average Bonchev–Trinajstić information content (AvgIpc) is 3.16. The summed E-state index contributed by atoms with van der Waals surface area (Å²) < 4.78 is 29.1. The number of ketones is 1. The highest BCUT2D eigenvalue weighted by Crippen LogP contribution is 2.44. The highest BCUT2D eigenvalue weighted by Gasteiger charge is 2.40. The monoisotopic (exact) mass is 539 g/mol. The van der Waals surface area contributed by atoms with E-state index >= 15 is 0 Å². The van der Waals surface area contributed by atoms with Gasteiger partial charge in [0.05, 0.1) is 9.17 Å². The molecule has 1 N–H and O–H groups in total. The van der Waals surface area contributed by atoms with Crippen LogP contribution >= 0.6 is 22.6 Å². The van der Waals surface area contributed by atoms with E-state index in [1.165, 1.54) is 18.3 Å². The van der Waals surface area contributed by atoms with E-state index < -0.39 is 17.9 Å². The minimum Gasteiger partial charge on any atom is -0.389 e. The number of carbonyl (C=O) groups is 1. The van der Waals surface area contributed by atoms with Crippen LogP contribution in [0.2, 0.25) is 0 Å².